The molecule has 33 heavy (non-hydrogen) atoms. The maximum absolute atomic E-state index is 13.7. The Bertz CT molecular complexity index is 1290. The first-order valence-electron chi connectivity index (χ1n) is 10.4. The Balaban J connectivity index is 1.83. The fraction of sp³-hybridized carbons (Fsp3) is 0.240. The van der Waals surface area contributed by atoms with Crippen LogP contribution in [0.5, 0.6) is 17.2 Å². The van der Waals surface area contributed by atoms with E-state index in [-0.39, 0.29) is 4.90 Å². The summed E-state index contributed by atoms with van der Waals surface area (Å²) in [6.45, 7) is 1.91. The van der Waals surface area contributed by atoms with Gasteiger partial charge in [0.15, 0.2) is 11.5 Å². The van der Waals surface area contributed by atoms with Crippen LogP contribution in [0.1, 0.15) is 29.2 Å². The Morgan fingerprint density at radius 2 is 1.52 bits per heavy atom. The van der Waals surface area contributed by atoms with Gasteiger partial charge in [-0.05, 0) is 43.3 Å². The number of para-hydroxylation sites is 1. The van der Waals surface area contributed by atoms with Gasteiger partial charge in [-0.1, -0.05) is 35.9 Å². The highest BCUT2D eigenvalue weighted by Gasteiger charge is 2.39. The quantitative estimate of drug-likeness (QED) is 0.510. The van der Waals surface area contributed by atoms with E-state index in [1.807, 2.05) is 37.3 Å². The smallest absolute Gasteiger partial charge is 0.279 e. The van der Waals surface area contributed by atoms with Crippen LogP contribution in [-0.2, 0) is 10.0 Å². The minimum Gasteiger partial charge on any atom is -0.496 e. The van der Waals surface area contributed by atoms with Gasteiger partial charge in [-0.2, -0.15) is 17.9 Å². The van der Waals surface area contributed by atoms with Crippen LogP contribution >= 0.6 is 0 Å². The van der Waals surface area contributed by atoms with Gasteiger partial charge in [-0.25, -0.2) is 0 Å². The van der Waals surface area contributed by atoms with Crippen molar-refractivity contribution in [1.29, 1.82) is 0 Å². The number of hydrogen-bond acceptors (Lipinski definition) is 6. The van der Waals surface area contributed by atoms with Crippen LogP contribution < -0.4 is 14.2 Å². The Morgan fingerprint density at radius 1 is 0.848 bits per heavy atom. The molecule has 0 saturated heterocycles. The Hall–Kier alpha value is -3.52. The summed E-state index contributed by atoms with van der Waals surface area (Å²) in [7, 11) is 0.786. The van der Waals surface area contributed by atoms with E-state index in [4.69, 9.17) is 14.2 Å². The predicted molar refractivity (Wildman–Crippen MR) is 127 cm³/mol. The molecule has 3 aromatic rings. The molecule has 0 radical (unpaired) electrons. The van der Waals surface area contributed by atoms with E-state index in [1.54, 1.807) is 57.7 Å². The van der Waals surface area contributed by atoms with E-state index in [9.17, 15) is 8.42 Å². The second kappa shape index (κ2) is 9.15. The third-order valence-corrected chi connectivity index (χ3v) is 7.35. The molecule has 1 unspecified atom stereocenters. The number of ether oxygens (including phenoxy) is 3. The fourth-order valence-electron chi connectivity index (χ4n) is 3.89. The second-order valence-corrected chi connectivity index (χ2v) is 9.46. The number of sulfonamides is 1. The van der Waals surface area contributed by atoms with Crippen LogP contribution in [0.15, 0.2) is 76.7 Å². The zero-order valence-electron chi connectivity index (χ0n) is 19.0. The predicted octanol–water partition coefficient (Wildman–Crippen LogP) is 4.56. The highest BCUT2D eigenvalue weighted by atomic mass is 32.2. The molecule has 1 heterocycles. The molecule has 0 aliphatic carbocycles. The van der Waals surface area contributed by atoms with Gasteiger partial charge in [0.05, 0.1) is 38.0 Å². The topological polar surface area (TPSA) is 77.4 Å². The largest absolute Gasteiger partial charge is 0.496 e. The van der Waals surface area contributed by atoms with Crippen molar-refractivity contribution in [3.05, 3.63) is 83.4 Å². The van der Waals surface area contributed by atoms with Crippen molar-refractivity contribution < 1.29 is 22.6 Å². The Morgan fingerprint density at radius 3 is 2.18 bits per heavy atom. The third kappa shape index (κ3) is 4.26. The van der Waals surface area contributed by atoms with Crippen molar-refractivity contribution in [2.24, 2.45) is 5.10 Å². The number of nitrogens with zero attached hydrogens (tertiary/aromatic N) is 2. The number of hydrogen-bond donors (Lipinski definition) is 0. The van der Waals surface area contributed by atoms with E-state index < -0.39 is 16.1 Å². The molecule has 0 saturated carbocycles. The van der Waals surface area contributed by atoms with Gasteiger partial charge in [0.1, 0.15) is 5.75 Å². The second-order valence-electron chi connectivity index (χ2n) is 7.67. The Labute approximate surface area is 194 Å². The lowest BCUT2D eigenvalue weighted by Gasteiger charge is -2.24. The summed E-state index contributed by atoms with van der Waals surface area (Å²) < 4.78 is 44.8. The van der Waals surface area contributed by atoms with Crippen LogP contribution in [0.2, 0.25) is 0 Å². The van der Waals surface area contributed by atoms with Crippen LogP contribution in [0.3, 0.4) is 0 Å². The number of methoxy groups -OCH3 is 3. The maximum Gasteiger partial charge on any atom is 0.279 e. The minimum atomic E-state index is -3.91. The summed E-state index contributed by atoms with van der Waals surface area (Å²) in [5.74, 6) is 1.74. The van der Waals surface area contributed by atoms with Crippen molar-refractivity contribution in [1.82, 2.24) is 4.41 Å². The van der Waals surface area contributed by atoms with Crippen molar-refractivity contribution in [3.8, 4) is 17.2 Å². The molecule has 0 spiro atoms. The molecule has 172 valence electrons. The van der Waals surface area contributed by atoms with E-state index in [0.717, 1.165) is 16.7 Å². The molecule has 0 fully saturated rings. The van der Waals surface area contributed by atoms with E-state index in [1.165, 1.54) is 4.41 Å². The lowest BCUT2D eigenvalue weighted by Crippen LogP contribution is -2.27. The normalized spacial score (nSPS) is 15.8. The van der Waals surface area contributed by atoms with Crippen LogP contribution in [0, 0.1) is 6.92 Å². The molecule has 0 aromatic heterocycles. The molecule has 4 rings (SSSR count). The zero-order chi connectivity index (χ0) is 23.6. The van der Waals surface area contributed by atoms with Gasteiger partial charge in [0.2, 0.25) is 0 Å². The summed E-state index contributed by atoms with van der Waals surface area (Å²) in [5.41, 5.74) is 3.11. The van der Waals surface area contributed by atoms with Gasteiger partial charge >= 0.3 is 0 Å². The molecule has 3 aromatic carbocycles. The van der Waals surface area contributed by atoms with Crippen LogP contribution in [0.4, 0.5) is 0 Å². The lowest BCUT2D eigenvalue weighted by atomic mass is 9.98. The molecule has 0 bridgehead atoms. The zero-order valence-corrected chi connectivity index (χ0v) is 19.8. The average Bonchev–Trinajstić information content (AvgIpc) is 3.30. The average molecular weight is 467 g/mol. The first kappa shape index (κ1) is 22.7. The molecule has 1 atom stereocenters. The monoisotopic (exact) mass is 466 g/mol. The fourth-order valence-corrected chi connectivity index (χ4v) is 5.32. The molecule has 8 heteroatoms. The molecular weight excluding hydrogens is 440 g/mol. The first-order chi connectivity index (χ1) is 15.9. The van der Waals surface area contributed by atoms with Crippen LogP contribution in [-0.4, -0.2) is 39.9 Å². The minimum absolute atomic E-state index is 0.185. The molecule has 0 amide bonds. The number of rotatable bonds is 7. The van der Waals surface area contributed by atoms with Gasteiger partial charge in [0, 0.05) is 17.5 Å². The summed E-state index contributed by atoms with van der Waals surface area (Å²) in [5, 5.41) is 4.60. The summed E-state index contributed by atoms with van der Waals surface area (Å²) in [6, 6.07) is 19.0. The van der Waals surface area contributed by atoms with Crippen molar-refractivity contribution in [2.75, 3.05) is 21.3 Å². The number of aryl methyl sites for hydroxylation is 1. The highest BCUT2D eigenvalue weighted by Crippen LogP contribution is 2.41. The van der Waals surface area contributed by atoms with Crippen molar-refractivity contribution in [3.63, 3.8) is 0 Å². The summed E-state index contributed by atoms with van der Waals surface area (Å²) in [4.78, 5) is 0.185. The van der Waals surface area contributed by atoms with Gasteiger partial charge in [-0.15, -0.1) is 0 Å². The standard InChI is InChI=1S/C25H26N2O5S/c1-17-9-12-19(13-10-17)33(28,29)27-22(20-7-5-6-8-23(20)30-2)16-21(26-27)18-11-14-24(31-3)25(15-18)32-4/h5-15,22H,16H2,1-4H3. The van der Waals surface area contributed by atoms with Crippen molar-refractivity contribution in [2.45, 2.75) is 24.3 Å². The van der Waals surface area contributed by atoms with E-state index in [0.29, 0.717) is 29.4 Å². The first-order valence-corrected chi connectivity index (χ1v) is 11.9. The van der Waals surface area contributed by atoms with E-state index >= 15 is 0 Å². The van der Waals surface area contributed by atoms with Crippen LogP contribution in [0.25, 0.3) is 0 Å². The maximum atomic E-state index is 13.7. The molecule has 0 N–H and O–H groups in total. The molecule has 7 nitrogen and oxygen atoms in total. The summed E-state index contributed by atoms with van der Waals surface area (Å²) >= 11 is 0. The lowest BCUT2D eigenvalue weighted by molar-refractivity contribution is 0.350. The van der Waals surface area contributed by atoms with E-state index in [2.05, 4.69) is 5.10 Å². The molecular formula is C25H26N2O5S. The highest BCUT2D eigenvalue weighted by molar-refractivity contribution is 7.89. The number of hydrazone groups is 1. The van der Waals surface area contributed by atoms with Crippen molar-refractivity contribution >= 4 is 15.7 Å². The van der Waals surface area contributed by atoms with Gasteiger partial charge in [0.25, 0.3) is 10.0 Å². The van der Waals surface area contributed by atoms with Gasteiger partial charge < -0.3 is 14.2 Å². The third-order valence-electron chi connectivity index (χ3n) is 5.65. The van der Waals surface area contributed by atoms with Gasteiger partial charge in [-0.3, -0.25) is 0 Å². The SMILES string of the molecule is COc1ccc(C2=NN(S(=O)(=O)c3ccc(C)cc3)C(c3ccccc3OC)C2)cc1OC. The molecule has 1 aliphatic heterocycles. The summed E-state index contributed by atoms with van der Waals surface area (Å²) in [6.07, 6.45) is 0.376. The Kier molecular flexibility index (Phi) is 6.29. The number of benzene rings is 3. The molecule has 1 aliphatic rings.